The normalized spacial score (nSPS) is 53.0. The van der Waals surface area contributed by atoms with Crippen LogP contribution in [0.25, 0.3) is 0 Å². The molecule has 0 radical (unpaired) electrons. The summed E-state index contributed by atoms with van der Waals surface area (Å²) in [5.74, 6) is 0.362. The molecule has 6 atom stereocenters. The van der Waals surface area contributed by atoms with Gasteiger partial charge in [-0.3, -0.25) is 0 Å². The van der Waals surface area contributed by atoms with Gasteiger partial charge >= 0.3 is 5.97 Å². The Kier molecular flexibility index (Phi) is 2.72. The fraction of sp³-hybridized carbons (Fsp3) is 0.857. The van der Waals surface area contributed by atoms with Gasteiger partial charge in [-0.15, -0.1) is 0 Å². The molecule has 4 aliphatic heterocycles. The zero-order chi connectivity index (χ0) is 18.1. The topological polar surface area (TPSA) is 63.9 Å². The standard InChI is InChI=1S/C21H28O5/c1-11(2)19-10-20-14(24-20)6-5-12-9-23-17(22)13(12)7-8-18(3,4)21(20)16(26-21)15(19)25-19/h11,14-16H,5-10H2,1-4H3/t14-,15-,16-,19-,20-,21+/m0/s1. The van der Waals surface area contributed by atoms with E-state index in [1.54, 1.807) is 0 Å². The van der Waals surface area contributed by atoms with E-state index >= 15 is 0 Å². The number of hydrogen-bond acceptors (Lipinski definition) is 5. The molecule has 142 valence electrons. The van der Waals surface area contributed by atoms with E-state index in [1.807, 2.05) is 0 Å². The second-order valence-electron chi connectivity index (χ2n) is 10.2. The van der Waals surface area contributed by atoms with Gasteiger partial charge in [0.15, 0.2) is 0 Å². The molecule has 1 saturated carbocycles. The highest BCUT2D eigenvalue weighted by Crippen LogP contribution is 2.78. The van der Waals surface area contributed by atoms with E-state index < -0.39 is 0 Å². The summed E-state index contributed by atoms with van der Waals surface area (Å²) in [5.41, 5.74) is 1.51. The lowest BCUT2D eigenvalue weighted by molar-refractivity contribution is -0.136. The maximum absolute atomic E-state index is 12.2. The van der Waals surface area contributed by atoms with Crippen LogP contribution in [0.1, 0.15) is 59.8 Å². The summed E-state index contributed by atoms with van der Waals surface area (Å²) < 4.78 is 24.7. The van der Waals surface area contributed by atoms with Crippen molar-refractivity contribution in [2.45, 2.75) is 94.9 Å². The van der Waals surface area contributed by atoms with Crippen molar-refractivity contribution in [3.8, 4) is 0 Å². The number of ether oxygens (including phenoxy) is 4. The van der Waals surface area contributed by atoms with Gasteiger partial charge in [-0.05, 0) is 42.6 Å². The van der Waals surface area contributed by atoms with Crippen LogP contribution in [0.5, 0.6) is 0 Å². The van der Waals surface area contributed by atoms with Crippen molar-refractivity contribution in [3.05, 3.63) is 11.1 Å². The van der Waals surface area contributed by atoms with E-state index in [1.165, 1.54) is 5.57 Å². The van der Waals surface area contributed by atoms with Crippen molar-refractivity contribution < 1.29 is 23.7 Å². The zero-order valence-corrected chi connectivity index (χ0v) is 16.1. The lowest BCUT2D eigenvalue weighted by Crippen LogP contribution is -2.56. The number of hydrogen-bond donors (Lipinski definition) is 0. The van der Waals surface area contributed by atoms with Crippen molar-refractivity contribution in [1.29, 1.82) is 0 Å². The third-order valence-corrected chi connectivity index (χ3v) is 8.43. The number of carbonyl (C=O) groups excluding carboxylic acids is 1. The van der Waals surface area contributed by atoms with E-state index in [4.69, 9.17) is 18.9 Å². The fourth-order valence-corrected chi connectivity index (χ4v) is 6.67. The van der Waals surface area contributed by atoms with Gasteiger partial charge < -0.3 is 18.9 Å². The van der Waals surface area contributed by atoms with E-state index in [-0.39, 0.29) is 46.5 Å². The van der Waals surface area contributed by atoms with Gasteiger partial charge in [0, 0.05) is 12.0 Å². The Morgan fingerprint density at radius 3 is 2.65 bits per heavy atom. The SMILES string of the molecule is CC(C)[C@@]12C[C@]34O[C@H]3CCC3=C(CCC(C)(C)[C@@]45O[C@H]5[C@@H]1O2)C(=O)OC3. The number of carbonyl (C=O) groups is 1. The molecule has 0 unspecified atom stereocenters. The van der Waals surface area contributed by atoms with Crippen LogP contribution in [0.3, 0.4) is 0 Å². The molecule has 5 heteroatoms. The summed E-state index contributed by atoms with van der Waals surface area (Å²) >= 11 is 0. The Morgan fingerprint density at radius 2 is 1.88 bits per heavy atom. The molecule has 2 aliphatic carbocycles. The highest BCUT2D eigenvalue weighted by atomic mass is 16.7. The first-order chi connectivity index (χ1) is 12.3. The molecule has 26 heavy (non-hydrogen) atoms. The second kappa shape index (κ2) is 4.39. The summed E-state index contributed by atoms with van der Waals surface area (Å²) in [4.78, 5) is 12.2. The molecule has 0 aromatic heterocycles. The van der Waals surface area contributed by atoms with E-state index in [0.717, 1.165) is 37.7 Å². The van der Waals surface area contributed by atoms with Gasteiger partial charge in [-0.25, -0.2) is 4.79 Å². The average Bonchev–Trinajstić information content (AvgIpc) is 3.45. The summed E-state index contributed by atoms with van der Waals surface area (Å²) in [6, 6.07) is 0. The van der Waals surface area contributed by atoms with Crippen LogP contribution < -0.4 is 0 Å². The number of cyclic esters (lactones) is 1. The summed E-state index contributed by atoms with van der Waals surface area (Å²) in [7, 11) is 0. The first-order valence-electron chi connectivity index (χ1n) is 10.2. The van der Waals surface area contributed by atoms with Crippen LogP contribution in [-0.2, 0) is 23.7 Å². The smallest absolute Gasteiger partial charge is 0.334 e. The molecule has 0 N–H and O–H groups in total. The Labute approximate surface area is 154 Å². The molecule has 0 aromatic rings. The molecule has 0 amide bonds. The van der Waals surface area contributed by atoms with E-state index in [9.17, 15) is 4.79 Å². The minimum atomic E-state index is -0.259. The minimum absolute atomic E-state index is 0.0591. The van der Waals surface area contributed by atoms with Crippen LogP contribution in [0.2, 0.25) is 0 Å². The van der Waals surface area contributed by atoms with Gasteiger partial charge in [0.1, 0.15) is 35.6 Å². The quantitative estimate of drug-likeness (QED) is 0.531. The monoisotopic (exact) mass is 360 g/mol. The van der Waals surface area contributed by atoms with Crippen LogP contribution in [0.15, 0.2) is 11.1 Å². The summed E-state index contributed by atoms with van der Waals surface area (Å²) in [5, 5.41) is 0. The Hall–Kier alpha value is -0.910. The van der Waals surface area contributed by atoms with Crippen molar-refractivity contribution >= 4 is 5.97 Å². The lowest BCUT2D eigenvalue weighted by Gasteiger charge is -2.41. The maximum Gasteiger partial charge on any atom is 0.334 e. The largest absolute Gasteiger partial charge is 0.458 e. The van der Waals surface area contributed by atoms with Crippen LogP contribution >= 0.6 is 0 Å². The van der Waals surface area contributed by atoms with Crippen molar-refractivity contribution in [2.75, 3.05) is 6.61 Å². The predicted molar refractivity (Wildman–Crippen MR) is 92.5 cm³/mol. The van der Waals surface area contributed by atoms with Gasteiger partial charge in [-0.2, -0.15) is 0 Å². The van der Waals surface area contributed by atoms with Gasteiger partial charge in [0.25, 0.3) is 0 Å². The molecule has 5 nitrogen and oxygen atoms in total. The van der Waals surface area contributed by atoms with Gasteiger partial charge in [-0.1, -0.05) is 27.7 Å². The Bertz CT molecular complexity index is 754. The minimum Gasteiger partial charge on any atom is -0.458 e. The highest BCUT2D eigenvalue weighted by molar-refractivity contribution is 5.91. The zero-order valence-electron chi connectivity index (χ0n) is 16.1. The number of epoxide rings is 3. The maximum atomic E-state index is 12.2. The number of fused-ring (bicyclic) bond motifs is 2. The second-order valence-corrected chi connectivity index (χ2v) is 10.2. The average molecular weight is 360 g/mol. The first-order valence-corrected chi connectivity index (χ1v) is 10.2. The van der Waals surface area contributed by atoms with Crippen LogP contribution in [0.4, 0.5) is 0 Å². The predicted octanol–water partition coefficient (Wildman–Crippen LogP) is 2.91. The molecule has 6 rings (SSSR count). The molecule has 2 spiro atoms. The van der Waals surface area contributed by atoms with E-state index in [2.05, 4.69) is 27.7 Å². The summed E-state index contributed by atoms with van der Waals surface area (Å²) in [6.07, 6.45) is 5.05. The third kappa shape index (κ3) is 1.59. The van der Waals surface area contributed by atoms with Crippen molar-refractivity contribution in [2.24, 2.45) is 11.3 Å². The highest BCUT2D eigenvalue weighted by Gasteiger charge is 2.94. The number of esters is 1. The van der Waals surface area contributed by atoms with Gasteiger partial charge in [0.2, 0.25) is 0 Å². The Balaban J connectivity index is 1.41. The van der Waals surface area contributed by atoms with Crippen molar-refractivity contribution in [3.63, 3.8) is 0 Å². The number of rotatable bonds is 1. The van der Waals surface area contributed by atoms with Crippen LogP contribution in [0, 0.1) is 11.3 Å². The Morgan fingerprint density at radius 1 is 1.08 bits per heavy atom. The van der Waals surface area contributed by atoms with Crippen LogP contribution in [-0.4, -0.2) is 47.7 Å². The molecule has 3 saturated heterocycles. The molecule has 4 heterocycles. The molecular formula is C21H28O5. The molecule has 0 aromatic carbocycles. The molecular weight excluding hydrogens is 332 g/mol. The molecule has 0 bridgehead atoms. The molecule has 4 fully saturated rings. The van der Waals surface area contributed by atoms with Gasteiger partial charge in [0.05, 0.1) is 6.10 Å². The fourth-order valence-electron chi connectivity index (χ4n) is 6.67. The molecule has 6 aliphatic rings. The van der Waals surface area contributed by atoms with E-state index in [0.29, 0.717) is 12.5 Å². The third-order valence-electron chi connectivity index (χ3n) is 8.43. The van der Waals surface area contributed by atoms with Crippen molar-refractivity contribution in [1.82, 2.24) is 0 Å². The first kappa shape index (κ1) is 16.1. The summed E-state index contributed by atoms with van der Waals surface area (Å²) in [6.45, 7) is 9.57. The lowest BCUT2D eigenvalue weighted by atomic mass is 9.58.